The minimum Gasteiger partial charge on any atom is -0.381 e. The second-order valence-corrected chi connectivity index (χ2v) is 6.96. The number of nitrogens with zero attached hydrogens (tertiary/aromatic N) is 1. The van der Waals surface area contributed by atoms with Gasteiger partial charge in [-0.1, -0.05) is 27.3 Å². The zero-order valence-electron chi connectivity index (χ0n) is 10.9. The summed E-state index contributed by atoms with van der Waals surface area (Å²) < 4.78 is 7.72. The van der Waals surface area contributed by atoms with Crippen LogP contribution in [0.5, 0.6) is 0 Å². The van der Waals surface area contributed by atoms with E-state index >= 15 is 0 Å². The molecule has 0 saturated carbocycles. The van der Waals surface area contributed by atoms with Gasteiger partial charge in [-0.2, -0.15) is 0 Å². The van der Waals surface area contributed by atoms with E-state index in [1.54, 1.807) is 11.3 Å². The summed E-state index contributed by atoms with van der Waals surface area (Å²) in [6.07, 6.45) is 2.29. The van der Waals surface area contributed by atoms with E-state index in [1.165, 1.54) is 4.70 Å². The molecule has 0 radical (unpaired) electrons. The molecule has 0 amide bonds. The summed E-state index contributed by atoms with van der Waals surface area (Å²) in [5.41, 5.74) is 1.06. The van der Waals surface area contributed by atoms with Crippen molar-refractivity contribution in [3.8, 4) is 0 Å². The lowest BCUT2D eigenvalue weighted by atomic mass is 9.93. The second-order valence-electron chi connectivity index (χ2n) is 5.01. The molecule has 0 aliphatic carbocycles. The fraction of sp³-hybridized carbons (Fsp3) is 0.500. The predicted octanol–water partition coefficient (Wildman–Crippen LogP) is 4.29. The van der Waals surface area contributed by atoms with Crippen molar-refractivity contribution in [3.05, 3.63) is 22.7 Å². The molecular formula is C14H17BrN2OS. The number of rotatable bonds is 3. The standard InChI is InChI=1S/C14H17BrN2OS/c1-9(10-4-6-18-7-5-10)16-14-17-12-8-11(15)2-3-13(12)19-14/h2-3,8-10H,4-7H2,1H3,(H,16,17). The number of ether oxygens (including phenoxy) is 1. The van der Waals surface area contributed by atoms with E-state index in [1.807, 2.05) is 0 Å². The predicted molar refractivity (Wildman–Crippen MR) is 83.9 cm³/mol. The third-order valence-electron chi connectivity index (χ3n) is 3.67. The van der Waals surface area contributed by atoms with Crippen molar-refractivity contribution in [2.24, 2.45) is 5.92 Å². The molecule has 3 rings (SSSR count). The van der Waals surface area contributed by atoms with Gasteiger partial charge in [0, 0.05) is 23.7 Å². The summed E-state index contributed by atoms with van der Waals surface area (Å²) in [7, 11) is 0. The number of hydrogen-bond donors (Lipinski definition) is 1. The summed E-state index contributed by atoms with van der Waals surface area (Å²) in [4.78, 5) is 4.65. The molecule has 1 aromatic heterocycles. The largest absolute Gasteiger partial charge is 0.381 e. The monoisotopic (exact) mass is 340 g/mol. The van der Waals surface area contributed by atoms with Crippen LogP contribution in [-0.2, 0) is 4.74 Å². The molecule has 3 nitrogen and oxygen atoms in total. The van der Waals surface area contributed by atoms with Crippen LogP contribution in [0.4, 0.5) is 5.13 Å². The van der Waals surface area contributed by atoms with Gasteiger partial charge in [0.15, 0.2) is 5.13 Å². The Morgan fingerprint density at radius 1 is 1.42 bits per heavy atom. The lowest BCUT2D eigenvalue weighted by molar-refractivity contribution is 0.0622. The van der Waals surface area contributed by atoms with Crippen molar-refractivity contribution in [2.45, 2.75) is 25.8 Å². The molecule has 1 fully saturated rings. The van der Waals surface area contributed by atoms with Crippen LogP contribution in [0, 0.1) is 5.92 Å². The summed E-state index contributed by atoms with van der Waals surface area (Å²) in [6.45, 7) is 4.03. The highest BCUT2D eigenvalue weighted by Gasteiger charge is 2.21. The maximum Gasteiger partial charge on any atom is 0.184 e. The molecule has 5 heteroatoms. The van der Waals surface area contributed by atoms with Crippen LogP contribution < -0.4 is 5.32 Å². The highest BCUT2D eigenvalue weighted by Crippen LogP contribution is 2.30. The van der Waals surface area contributed by atoms with Crippen molar-refractivity contribution in [1.82, 2.24) is 4.98 Å². The third kappa shape index (κ3) is 3.09. The Morgan fingerprint density at radius 2 is 2.21 bits per heavy atom. The molecule has 102 valence electrons. The molecule has 0 spiro atoms. The quantitative estimate of drug-likeness (QED) is 0.905. The Hall–Kier alpha value is -0.650. The molecule has 1 aliphatic rings. The zero-order valence-corrected chi connectivity index (χ0v) is 13.3. The van der Waals surface area contributed by atoms with Crippen LogP contribution in [0.2, 0.25) is 0 Å². The third-order valence-corrected chi connectivity index (χ3v) is 5.13. The smallest absolute Gasteiger partial charge is 0.184 e. The number of nitrogens with one attached hydrogen (secondary N) is 1. The Bertz CT molecular complexity index is 566. The molecule has 2 aromatic rings. The molecule has 1 aromatic carbocycles. The van der Waals surface area contributed by atoms with Gasteiger partial charge in [-0.25, -0.2) is 4.98 Å². The molecule has 1 N–H and O–H groups in total. The van der Waals surface area contributed by atoms with Crippen LogP contribution in [0.1, 0.15) is 19.8 Å². The lowest BCUT2D eigenvalue weighted by Gasteiger charge is -2.28. The number of halogens is 1. The lowest BCUT2D eigenvalue weighted by Crippen LogP contribution is -2.30. The van der Waals surface area contributed by atoms with E-state index in [-0.39, 0.29) is 0 Å². The maximum absolute atomic E-state index is 5.42. The summed E-state index contributed by atoms with van der Waals surface area (Å²) in [5, 5.41) is 4.58. The summed E-state index contributed by atoms with van der Waals surface area (Å²) in [5.74, 6) is 0.687. The second kappa shape index (κ2) is 5.77. The molecule has 1 atom stereocenters. The molecule has 1 aliphatic heterocycles. The Balaban J connectivity index is 1.73. The first kappa shape index (κ1) is 13.3. The van der Waals surface area contributed by atoms with Crippen molar-refractivity contribution in [3.63, 3.8) is 0 Å². The number of fused-ring (bicyclic) bond motifs is 1. The van der Waals surface area contributed by atoms with Gasteiger partial charge >= 0.3 is 0 Å². The summed E-state index contributed by atoms with van der Waals surface area (Å²) >= 11 is 5.21. The average molecular weight is 341 g/mol. The van der Waals surface area contributed by atoms with E-state index in [0.29, 0.717) is 12.0 Å². The average Bonchev–Trinajstić information content (AvgIpc) is 2.81. The van der Waals surface area contributed by atoms with E-state index in [2.05, 4.69) is 51.4 Å². The Kier molecular flexibility index (Phi) is 4.05. The zero-order chi connectivity index (χ0) is 13.2. The van der Waals surface area contributed by atoms with E-state index < -0.39 is 0 Å². The molecule has 1 unspecified atom stereocenters. The molecule has 0 bridgehead atoms. The van der Waals surface area contributed by atoms with Crippen molar-refractivity contribution < 1.29 is 4.74 Å². The van der Waals surface area contributed by atoms with Gasteiger partial charge in [-0.3, -0.25) is 0 Å². The Morgan fingerprint density at radius 3 is 3.00 bits per heavy atom. The first-order valence-corrected chi connectivity index (χ1v) is 8.24. The number of thiazole rings is 1. The first-order valence-electron chi connectivity index (χ1n) is 6.63. The van der Waals surface area contributed by atoms with E-state index in [9.17, 15) is 0 Å². The van der Waals surface area contributed by atoms with Gasteiger partial charge in [-0.15, -0.1) is 0 Å². The highest BCUT2D eigenvalue weighted by atomic mass is 79.9. The van der Waals surface area contributed by atoms with Crippen LogP contribution in [0.15, 0.2) is 22.7 Å². The fourth-order valence-electron chi connectivity index (χ4n) is 2.49. The van der Waals surface area contributed by atoms with Crippen LogP contribution in [-0.4, -0.2) is 24.2 Å². The van der Waals surface area contributed by atoms with Gasteiger partial charge in [0.2, 0.25) is 0 Å². The number of benzene rings is 1. The highest BCUT2D eigenvalue weighted by molar-refractivity contribution is 9.10. The number of anilines is 1. The maximum atomic E-state index is 5.42. The number of aromatic nitrogens is 1. The van der Waals surface area contributed by atoms with Gasteiger partial charge in [-0.05, 0) is 43.9 Å². The van der Waals surface area contributed by atoms with Gasteiger partial charge in [0.1, 0.15) is 0 Å². The van der Waals surface area contributed by atoms with Crippen LogP contribution >= 0.6 is 27.3 Å². The molecular weight excluding hydrogens is 324 g/mol. The van der Waals surface area contributed by atoms with Gasteiger partial charge in [0.05, 0.1) is 10.2 Å². The molecule has 19 heavy (non-hydrogen) atoms. The minimum absolute atomic E-state index is 0.452. The van der Waals surface area contributed by atoms with Crippen LogP contribution in [0.3, 0.4) is 0 Å². The topological polar surface area (TPSA) is 34.2 Å². The molecule has 1 saturated heterocycles. The summed E-state index contributed by atoms with van der Waals surface area (Å²) in [6, 6.07) is 6.69. The number of hydrogen-bond acceptors (Lipinski definition) is 4. The van der Waals surface area contributed by atoms with Crippen molar-refractivity contribution in [2.75, 3.05) is 18.5 Å². The minimum atomic E-state index is 0.452. The van der Waals surface area contributed by atoms with Crippen molar-refractivity contribution >= 4 is 42.6 Å². The van der Waals surface area contributed by atoms with E-state index in [4.69, 9.17) is 4.74 Å². The van der Waals surface area contributed by atoms with Crippen molar-refractivity contribution in [1.29, 1.82) is 0 Å². The normalized spacial score (nSPS) is 18.6. The van der Waals surface area contributed by atoms with Gasteiger partial charge in [0.25, 0.3) is 0 Å². The fourth-order valence-corrected chi connectivity index (χ4v) is 3.78. The molecule has 2 heterocycles. The van der Waals surface area contributed by atoms with Crippen LogP contribution in [0.25, 0.3) is 10.2 Å². The first-order chi connectivity index (χ1) is 9.22. The Labute approximate surface area is 125 Å². The van der Waals surface area contributed by atoms with Gasteiger partial charge < -0.3 is 10.1 Å². The SMILES string of the molecule is CC(Nc1nc2cc(Br)ccc2s1)C1CCOCC1. The van der Waals surface area contributed by atoms with E-state index in [0.717, 1.165) is 41.2 Å².